The van der Waals surface area contributed by atoms with Crippen molar-refractivity contribution in [1.82, 2.24) is 4.98 Å². The molecule has 0 aliphatic rings. The van der Waals surface area contributed by atoms with Crippen molar-refractivity contribution in [3.8, 4) is 5.88 Å². The van der Waals surface area contributed by atoms with Crippen molar-refractivity contribution in [3.05, 3.63) is 8.79 Å². The summed E-state index contributed by atoms with van der Waals surface area (Å²) in [7, 11) is 0. The number of thiazole rings is 1. The Labute approximate surface area is 68.3 Å². The first-order chi connectivity index (χ1) is 4.61. The molecule has 1 heterocycles. The van der Waals surface area contributed by atoms with Gasteiger partial charge >= 0.3 is 5.97 Å². The van der Waals surface area contributed by atoms with Gasteiger partial charge in [-0.3, -0.25) is 0 Å². The molecule has 0 radical (unpaired) electrons. The summed E-state index contributed by atoms with van der Waals surface area (Å²) < 4.78 is 0.363. The predicted molar refractivity (Wildman–Crippen MR) is 38.4 cm³/mol. The number of aromatic carboxylic acids is 1. The van der Waals surface area contributed by atoms with Crippen molar-refractivity contribution in [2.75, 3.05) is 0 Å². The summed E-state index contributed by atoms with van der Waals surface area (Å²) in [5.74, 6) is -1.61. The molecule has 1 aromatic heterocycles. The zero-order valence-corrected chi connectivity index (χ0v) is 6.94. The lowest BCUT2D eigenvalue weighted by molar-refractivity contribution is 0.0699. The Morgan fingerprint density at radius 2 is 2.30 bits per heavy atom. The number of carboxylic acid groups (broad SMARTS) is 1. The van der Waals surface area contributed by atoms with Gasteiger partial charge in [0.15, 0.2) is 8.79 Å². The Kier molecular flexibility index (Phi) is 1.91. The van der Waals surface area contributed by atoms with Crippen LogP contribution in [0.4, 0.5) is 0 Å². The molecule has 4 nitrogen and oxygen atoms in total. The number of rotatable bonds is 1. The molecule has 0 aliphatic heterocycles. The smallest absolute Gasteiger partial charge is 0.351 e. The molecule has 0 saturated heterocycles. The third-order valence-corrected chi connectivity index (χ3v) is 2.26. The van der Waals surface area contributed by atoms with Gasteiger partial charge in [0.2, 0.25) is 5.88 Å². The fourth-order valence-corrected chi connectivity index (χ4v) is 1.60. The van der Waals surface area contributed by atoms with E-state index in [1.807, 2.05) is 0 Å². The molecule has 0 spiro atoms. The lowest BCUT2D eigenvalue weighted by Gasteiger charge is -1.83. The van der Waals surface area contributed by atoms with E-state index in [4.69, 9.17) is 10.2 Å². The van der Waals surface area contributed by atoms with E-state index in [1.165, 1.54) is 0 Å². The van der Waals surface area contributed by atoms with Crippen LogP contribution in [0.15, 0.2) is 3.92 Å². The third-order valence-electron chi connectivity index (χ3n) is 0.777. The van der Waals surface area contributed by atoms with Crippen LogP contribution in [0.25, 0.3) is 0 Å². The Morgan fingerprint density at radius 1 is 1.70 bits per heavy atom. The van der Waals surface area contributed by atoms with Gasteiger partial charge in [-0.25, -0.2) is 4.79 Å². The van der Waals surface area contributed by atoms with Crippen molar-refractivity contribution < 1.29 is 15.0 Å². The molecule has 0 unspecified atom stereocenters. The van der Waals surface area contributed by atoms with Crippen LogP contribution in [-0.4, -0.2) is 21.2 Å². The lowest BCUT2D eigenvalue weighted by atomic mass is 10.5. The van der Waals surface area contributed by atoms with E-state index in [1.54, 1.807) is 0 Å². The molecule has 0 bridgehead atoms. The molecule has 0 amide bonds. The zero-order valence-electron chi connectivity index (χ0n) is 4.54. The van der Waals surface area contributed by atoms with Crippen LogP contribution >= 0.6 is 27.3 Å². The minimum atomic E-state index is -1.17. The fraction of sp³-hybridized carbons (Fsp3) is 0. The van der Waals surface area contributed by atoms with E-state index in [0.29, 0.717) is 3.92 Å². The zero-order chi connectivity index (χ0) is 7.72. The van der Waals surface area contributed by atoms with Gasteiger partial charge in [-0.15, -0.1) is 0 Å². The highest BCUT2D eigenvalue weighted by molar-refractivity contribution is 9.11. The number of carboxylic acids is 1. The summed E-state index contributed by atoms with van der Waals surface area (Å²) in [6.45, 7) is 0. The van der Waals surface area contributed by atoms with Crippen LogP contribution in [0.2, 0.25) is 0 Å². The molecule has 2 N–H and O–H groups in total. The van der Waals surface area contributed by atoms with Crippen molar-refractivity contribution >= 4 is 33.2 Å². The van der Waals surface area contributed by atoms with Crippen molar-refractivity contribution in [1.29, 1.82) is 0 Å². The van der Waals surface area contributed by atoms with Crippen molar-refractivity contribution in [2.24, 2.45) is 0 Å². The Morgan fingerprint density at radius 3 is 2.50 bits per heavy atom. The van der Waals surface area contributed by atoms with Gasteiger partial charge in [0.05, 0.1) is 0 Å². The van der Waals surface area contributed by atoms with E-state index < -0.39 is 11.8 Å². The monoisotopic (exact) mass is 223 g/mol. The summed E-state index contributed by atoms with van der Waals surface area (Å²) in [6, 6.07) is 0. The molecule has 1 rings (SSSR count). The fourth-order valence-electron chi connectivity index (χ4n) is 0.426. The van der Waals surface area contributed by atoms with Crippen molar-refractivity contribution in [3.63, 3.8) is 0 Å². The Balaban J connectivity index is 3.15. The van der Waals surface area contributed by atoms with Crippen LogP contribution in [0.5, 0.6) is 5.88 Å². The molecule has 6 heteroatoms. The van der Waals surface area contributed by atoms with E-state index in [9.17, 15) is 4.79 Å². The lowest BCUT2D eigenvalue weighted by Crippen LogP contribution is -1.91. The van der Waals surface area contributed by atoms with Crippen LogP contribution in [0.3, 0.4) is 0 Å². The van der Waals surface area contributed by atoms with Gasteiger partial charge in [-0.05, 0) is 15.9 Å². The molecule has 1 aromatic rings. The number of carbonyl (C=O) groups is 1. The number of hydrogen-bond acceptors (Lipinski definition) is 4. The first-order valence-corrected chi connectivity index (χ1v) is 3.81. The summed E-state index contributed by atoms with van der Waals surface area (Å²) >= 11 is 3.81. The van der Waals surface area contributed by atoms with Gasteiger partial charge in [-0.1, -0.05) is 11.3 Å². The van der Waals surface area contributed by atoms with E-state index in [2.05, 4.69) is 20.9 Å². The van der Waals surface area contributed by atoms with Crippen LogP contribution in [0, 0.1) is 0 Å². The van der Waals surface area contributed by atoms with Crippen LogP contribution < -0.4 is 0 Å². The average molecular weight is 224 g/mol. The van der Waals surface area contributed by atoms with Gasteiger partial charge in [0.1, 0.15) is 0 Å². The van der Waals surface area contributed by atoms with Gasteiger partial charge < -0.3 is 10.2 Å². The van der Waals surface area contributed by atoms with Crippen LogP contribution in [0.1, 0.15) is 9.67 Å². The molecular weight excluding hydrogens is 222 g/mol. The number of aromatic nitrogens is 1. The minimum absolute atomic E-state index is 0.146. The summed E-state index contributed by atoms with van der Waals surface area (Å²) in [5.41, 5.74) is 0. The summed E-state index contributed by atoms with van der Waals surface area (Å²) in [4.78, 5) is 13.5. The first kappa shape index (κ1) is 7.49. The number of aromatic hydroxyl groups is 1. The largest absolute Gasteiger partial charge is 0.492 e. The van der Waals surface area contributed by atoms with Gasteiger partial charge in [-0.2, -0.15) is 4.98 Å². The number of nitrogens with zero attached hydrogens (tertiary/aromatic N) is 1. The molecule has 0 aliphatic carbocycles. The van der Waals surface area contributed by atoms with E-state index in [-0.39, 0.29) is 4.88 Å². The maximum atomic E-state index is 10.2. The number of halogens is 1. The molecule has 10 heavy (non-hydrogen) atoms. The summed E-state index contributed by atoms with van der Waals surface area (Å²) in [5, 5.41) is 17.2. The second-order valence-electron chi connectivity index (χ2n) is 1.42. The Hall–Kier alpha value is -0.620. The van der Waals surface area contributed by atoms with Crippen LogP contribution in [-0.2, 0) is 0 Å². The predicted octanol–water partition coefficient (Wildman–Crippen LogP) is 1.31. The maximum Gasteiger partial charge on any atom is 0.351 e. The molecule has 0 atom stereocenters. The Bertz CT molecular complexity index is 271. The highest BCUT2D eigenvalue weighted by Gasteiger charge is 2.14. The molecule has 54 valence electrons. The topological polar surface area (TPSA) is 70.4 Å². The standard InChI is InChI=1S/C4H2BrNO3S/c5-4-6-2(7)1(10-4)3(8)9/h7H,(H,8,9). The first-order valence-electron chi connectivity index (χ1n) is 2.20. The molecule has 0 fully saturated rings. The van der Waals surface area contributed by atoms with Gasteiger partial charge in [0, 0.05) is 0 Å². The van der Waals surface area contributed by atoms with E-state index in [0.717, 1.165) is 11.3 Å². The quantitative estimate of drug-likeness (QED) is 0.754. The average Bonchev–Trinajstić information content (AvgIpc) is 2.10. The molecular formula is C4H2BrNO3S. The minimum Gasteiger partial charge on any atom is -0.492 e. The third kappa shape index (κ3) is 1.27. The number of hydrogen-bond donors (Lipinski definition) is 2. The van der Waals surface area contributed by atoms with E-state index >= 15 is 0 Å². The van der Waals surface area contributed by atoms with Gasteiger partial charge in [0.25, 0.3) is 0 Å². The second kappa shape index (κ2) is 2.55. The SMILES string of the molecule is O=C(O)c1sc(Br)nc1O. The molecule has 0 aromatic carbocycles. The van der Waals surface area contributed by atoms with Crippen molar-refractivity contribution in [2.45, 2.75) is 0 Å². The highest BCUT2D eigenvalue weighted by Crippen LogP contribution is 2.27. The highest BCUT2D eigenvalue weighted by atomic mass is 79.9. The summed E-state index contributed by atoms with van der Waals surface area (Å²) in [6.07, 6.45) is 0. The normalized spacial score (nSPS) is 9.70. The maximum absolute atomic E-state index is 10.2. The second-order valence-corrected chi connectivity index (χ2v) is 3.70. The molecule has 0 saturated carbocycles.